The lowest BCUT2D eigenvalue weighted by molar-refractivity contribution is 0.0908. The topological polar surface area (TPSA) is 32.3 Å². The highest BCUT2D eigenvalue weighted by Gasteiger charge is 2.21. The molecule has 2 N–H and O–H groups in total. The van der Waals surface area contributed by atoms with Crippen molar-refractivity contribution in [2.45, 2.75) is 64.5 Å². The molecule has 2 unspecified atom stereocenters. The first-order chi connectivity index (χ1) is 6.70. The number of aliphatic hydroxyl groups excluding tert-OH is 1. The third-order valence-corrected chi connectivity index (χ3v) is 3.09. The molecule has 0 saturated heterocycles. The molecule has 2 heteroatoms. The van der Waals surface area contributed by atoms with Gasteiger partial charge in [0.2, 0.25) is 0 Å². The van der Waals surface area contributed by atoms with E-state index < -0.39 is 0 Å². The van der Waals surface area contributed by atoms with E-state index in [-0.39, 0.29) is 6.10 Å². The minimum atomic E-state index is -0.0946. The third-order valence-electron chi connectivity index (χ3n) is 3.09. The molecular formula is C12H25NO. The predicted octanol–water partition coefficient (Wildman–Crippen LogP) is 2.32. The van der Waals surface area contributed by atoms with E-state index in [2.05, 4.69) is 19.2 Å². The van der Waals surface area contributed by atoms with E-state index in [9.17, 15) is 5.11 Å². The van der Waals surface area contributed by atoms with E-state index in [1.807, 2.05) is 0 Å². The van der Waals surface area contributed by atoms with Crippen molar-refractivity contribution < 1.29 is 5.11 Å². The van der Waals surface area contributed by atoms with Crippen LogP contribution in [0.25, 0.3) is 0 Å². The van der Waals surface area contributed by atoms with Crippen LogP contribution in [-0.4, -0.2) is 23.8 Å². The fourth-order valence-electron chi connectivity index (χ4n) is 2.15. The fraction of sp³-hybridized carbons (Fsp3) is 1.00. The average Bonchev–Trinajstić information content (AvgIpc) is 2.15. The smallest absolute Gasteiger partial charge is 0.0693 e. The summed E-state index contributed by atoms with van der Waals surface area (Å²) >= 11 is 0. The molecule has 2 nitrogen and oxygen atoms in total. The number of nitrogens with one attached hydrogen (secondary N) is 1. The molecule has 2 atom stereocenters. The number of hydrogen-bond donors (Lipinski definition) is 2. The minimum Gasteiger partial charge on any atom is -0.392 e. The zero-order valence-corrected chi connectivity index (χ0v) is 9.63. The monoisotopic (exact) mass is 199 g/mol. The van der Waals surface area contributed by atoms with Crippen LogP contribution in [-0.2, 0) is 0 Å². The fourth-order valence-corrected chi connectivity index (χ4v) is 2.15. The standard InChI is InChI=1S/C12H25NO/c1-10(2)6-5-9-13-11-7-3-4-8-12(11)14/h10-14H,3-9H2,1-2H3. The predicted molar refractivity (Wildman–Crippen MR) is 60.3 cm³/mol. The zero-order chi connectivity index (χ0) is 10.4. The van der Waals surface area contributed by atoms with Crippen molar-refractivity contribution in [2.24, 2.45) is 5.92 Å². The summed E-state index contributed by atoms with van der Waals surface area (Å²) in [5.41, 5.74) is 0. The van der Waals surface area contributed by atoms with E-state index in [1.165, 1.54) is 25.7 Å². The van der Waals surface area contributed by atoms with E-state index in [1.54, 1.807) is 0 Å². The Balaban J connectivity index is 2.04. The molecule has 0 aromatic heterocycles. The van der Waals surface area contributed by atoms with Crippen LogP contribution in [0.1, 0.15) is 52.4 Å². The zero-order valence-electron chi connectivity index (χ0n) is 9.63. The summed E-state index contributed by atoms with van der Waals surface area (Å²) in [4.78, 5) is 0. The van der Waals surface area contributed by atoms with Crippen molar-refractivity contribution in [1.82, 2.24) is 5.32 Å². The maximum absolute atomic E-state index is 9.71. The molecule has 1 rings (SSSR count). The van der Waals surface area contributed by atoms with Crippen molar-refractivity contribution in [3.63, 3.8) is 0 Å². The quantitative estimate of drug-likeness (QED) is 0.666. The molecule has 0 aromatic carbocycles. The first-order valence-corrected chi connectivity index (χ1v) is 6.11. The van der Waals surface area contributed by atoms with Gasteiger partial charge in [-0.1, -0.05) is 26.7 Å². The Hall–Kier alpha value is -0.0800. The van der Waals surface area contributed by atoms with Gasteiger partial charge in [-0.25, -0.2) is 0 Å². The van der Waals surface area contributed by atoms with E-state index in [4.69, 9.17) is 0 Å². The highest BCUT2D eigenvalue weighted by Crippen LogP contribution is 2.18. The largest absolute Gasteiger partial charge is 0.392 e. The second-order valence-electron chi connectivity index (χ2n) is 4.95. The molecule has 1 fully saturated rings. The molecular weight excluding hydrogens is 174 g/mol. The van der Waals surface area contributed by atoms with Gasteiger partial charge < -0.3 is 10.4 Å². The molecule has 0 spiro atoms. The van der Waals surface area contributed by atoms with Crippen molar-refractivity contribution >= 4 is 0 Å². The molecule has 0 aromatic rings. The second-order valence-corrected chi connectivity index (χ2v) is 4.95. The molecule has 0 bridgehead atoms. The van der Waals surface area contributed by atoms with Crippen LogP contribution in [0.5, 0.6) is 0 Å². The van der Waals surface area contributed by atoms with Gasteiger partial charge >= 0.3 is 0 Å². The van der Waals surface area contributed by atoms with E-state index in [0.29, 0.717) is 6.04 Å². The molecule has 0 heterocycles. The van der Waals surface area contributed by atoms with Gasteiger partial charge in [0.1, 0.15) is 0 Å². The maximum atomic E-state index is 9.71. The van der Waals surface area contributed by atoms with Crippen LogP contribution < -0.4 is 5.32 Å². The Morgan fingerprint density at radius 3 is 2.64 bits per heavy atom. The van der Waals surface area contributed by atoms with E-state index in [0.717, 1.165) is 25.3 Å². The maximum Gasteiger partial charge on any atom is 0.0693 e. The Kier molecular flexibility index (Phi) is 5.49. The Morgan fingerprint density at radius 2 is 2.00 bits per heavy atom. The van der Waals surface area contributed by atoms with Crippen molar-refractivity contribution in [2.75, 3.05) is 6.54 Å². The van der Waals surface area contributed by atoms with Crippen LogP contribution >= 0.6 is 0 Å². The van der Waals surface area contributed by atoms with Crippen LogP contribution in [0, 0.1) is 5.92 Å². The molecule has 1 aliphatic rings. The summed E-state index contributed by atoms with van der Waals surface area (Å²) in [7, 11) is 0. The summed E-state index contributed by atoms with van der Waals surface area (Å²) in [5, 5.41) is 13.2. The lowest BCUT2D eigenvalue weighted by atomic mass is 9.92. The van der Waals surface area contributed by atoms with Crippen LogP contribution in [0.15, 0.2) is 0 Å². The second kappa shape index (κ2) is 6.41. The van der Waals surface area contributed by atoms with Gasteiger partial charge in [0, 0.05) is 6.04 Å². The van der Waals surface area contributed by atoms with Gasteiger partial charge in [0.05, 0.1) is 6.10 Å². The van der Waals surface area contributed by atoms with Gasteiger partial charge in [0.15, 0.2) is 0 Å². The molecule has 84 valence electrons. The lowest BCUT2D eigenvalue weighted by Gasteiger charge is -2.28. The lowest BCUT2D eigenvalue weighted by Crippen LogP contribution is -2.42. The van der Waals surface area contributed by atoms with Crippen molar-refractivity contribution in [1.29, 1.82) is 0 Å². The third kappa shape index (κ3) is 4.43. The summed E-state index contributed by atoms with van der Waals surface area (Å²) in [6.45, 7) is 5.59. The SMILES string of the molecule is CC(C)CCCNC1CCCCC1O. The molecule has 14 heavy (non-hydrogen) atoms. The first kappa shape index (κ1) is 12.0. The normalized spacial score (nSPS) is 28.3. The summed E-state index contributed by atoms with van der Waals surface area (Å²) in [6.07, 6.45) is 7.05. The van der Waals surface area contributed by atoms with Gasteiger partial charge in [-0.3, -0.25) is 0 Å². The van der Waals surface area contributed by atoms with Crippen LogP contribution in [0.3, 0.4) is 0 Å². The molecule has 0 aliphatic heterocycles. The van der Waals surface area contributed by atoms with Crippen molar-refractivity contribution in [3.8, 4) is 0 Å². The minimum absolute atomic E-state index is 0.0946. The highest BCUT2D eigenvalue weighted by atomic mass is 16.3. The first-order valence-electron chi connectivity index (χ1n) is 6.11. The number of rotatable bonds is 5. The van der Waals surface area contributed by atoms with Gasteiger partial charge in [-0.2, -0.15) is 0 Å². The molecule has 0 amide bonds. The molecule has 1 saturated carbocycles. The Morgan fingerprint density at radius 1 is 1.29 bits per heavy atom. The average molecular weight is 199 g/mol. The summed E-state index contributed by atoms with van der Waals surface area (Å²) in [5.74, 6) is 0.799. The number of aliphatic hydroxyl groups is 1. The molecule has 0 radical (unpaired) electrons. The highest BCUT2D eigenvalue weighted by molar-refractivity contribution is 4.80. The Bertz CT molecular complexity index is 147. The summed E-state index contributed by atoms with van der Waals surface area (Å²) < 4.78 is 0. The Labute approximate surface area is 88.1 Å². The van der Waals surface area contributed by atoms with Crippen LogP contribution in [0.4, 0.5) is 0 Å². The number of hydrogen-bond acceptors (Lipinski definition) is 2. The van der Waals surface area contributed by atoms with Gasteiger partial charge in [-0.15, -0.1) is 0 Å². The van der Waals surface area contributed by atoms with E-state index >= 15 is 0 Å². The molecule has 1 aliphatic carbocycles. The van der Waals surface area contributed by atoms with Crippen molar-refractivity contribution in [3.05, 3.63) is 0 Å². The summed E-state index contributed by atoms with van der Waals surface area (Å²) in [6, 6.07) is 0.371. The van der Waals surface area contributed by atoms with Crippen LogP contribution in [0.2, 0.25) is 0 Å². The van der Waals surface area contributed by atoms with Gasteiger partial charge in [-0.05, 0) is 38.1 Å². The van der Waals surface area contributed by atoms with Gasteiger partial charge in [0.25, 0.3) is 0 Å².